The SMILES string of the molecule is CCc1cnc(N)[nH]c1=S. The molecule has 0 fully saturated rings. The van der Waals surface area contributed by atoms with Crippen LogP contribution in [0, 0.1) is 4.64 Å². The Morgan fingerprint density at radius 3 is 3.00 bits per heavy atom. The standard InChI is InChI=1S/C6H9N3S/c1-2-4-3-8-6(7)9-5(4)10/h3H,2H2,1H3,(H3,7,8,9,10). The first kappa shape index (κ1) is 7.21. The Labute approximate surface area is 64.3 Å². The number of nitrogen functional groups attached to an aromatic ring is 1. The summed E-state index contributed by atoms with van der Waals surface area (Å²) in [6.07, 6.45) is 2.59. The minimum atomic E-state index is 0.377. The van der Waals surface area contributed by atoms with Crippen molar-refractivity contribution in [2.75, 3.05) is 5.73 Å². The molecule has 0 amide bonds. The first-order valence-electron chi connectivity index (χ1n) is 3.07. The molecule has 10 heavy (non-hydrogen) atoms. The zero-order valence-corrected chi connectivity index (χ0v) is 6.53. The fourth-order valence-electron chi connectivity index (χ4n) is 0.687. The van der Waals surface area contributed by atoms with Gasteiger partial charge in [-0.25, -0.2) is 4.98 Å². The molecule has 1 rings (SSSR count). The van der Waals surface area contributed by atoms with Gasteiger partial charge in [0, 0.05) is 11.8 Å². The molecule has 0 spiro atoms. The summed E-state index contributed by atoms with van der Waals surface area (Å²) in [5, 5.41) is 0. The van der Waals surface area contributed by atoms with Gasteiger partial charge in [0.2, 0.25) is 0 Å². The first-order chi connectivity index (χ1) is 4.74. The van der Waals surface area contributed by atoms with E-state index in [1.807, 2.05) is 6.92 Å². The third-order valence-corrected chi connectivity index (χ3v) is 1.64. The van der Waals surface area contributed by atoms with Crippen LogP contribution < -0.4 is 5.73 Å². The molecular weight excluding hydrogens is 146 g/mol. The van der Waals surface area contributed by atoms with E-state index in [0.29, 0.717) is 10.6 Å². The molecule has 3 N–H and O–H groups in total. The molecule has 0 aliphatic carbocycles. The molecule has 1 heterocycles. The number of nitrogens with one attached hydrogen (secondary N) is 1. The maximum Gasteiger partial charge on any atom is 0.198 e. The van der Waals surface area contributed by atoms with Crippen molar-refractivity contribution in [2.24, 2.45) is 0 Å². The van der Waals surface area contributed by atoms with Gasteiger partial charge in [-0.1, -0.05) is 19.1 Å². The Morgan fingerprint density at radius 2 is 2.50 bits per heavy atom. The number of aromatic nitrogens is 2. The molecule has 54 valence electrons. The van der Waals surface area contributed by atoms with E-state index < -0.39 is 0 Å². The summed E-state index contributed by atoms with van der Waals surface area (Å²) in [6.45, 7) is 2.02. The van der Waals surface area contributed by atoms with Gasteiger partial charge in [-0.2, -0.15) is 0 Å². The largest absolute Gasteiger partial charge is 0.369 e. The van der Waals surface area contributed by atoms with Gasteiger partial charge in [-0.15, -0.1) is 0 Å². The van der Waals surface area contributed by atoms with Crippen LogP contribution in [0.2, 0.25) is 0 Å². The number of H-pyrrole nitrogens is 1. The first-order valence-corrected chi connectivity index (χ1v) is 3.48. The van der Waals surface area contributed by atoms with Crippen molar-refractivity contribution in [1.82, 2.24) is 9.97 Å². The molecule has 4 heteroatoms. The van der Waals surface area contributed by atoms with Crippen molar-refractivity contribution in [3.05, 3.63) is 16.4 Å². The third-order valence-electron chi connectivity index (χ3n) is 1.27. The van der Waals surface area contributed by atoms with Gasteiger partial charge in [0.25, 0.3) is 0 Å². The summed E-state index contributed by atoms with van der Waals surface area (Å²) in [5.74, 6) is 0.377. The summed E-state index contributed by atoms with van der Waals surface area (Å²) in [5.41, 5.74) is 6.38. The average molecular weight is 155 g/mol. The number of nitrogens with zero attached hydrogens (tertiary/aromatic N) is 1. The molecule has 0 aliphatic heterocycles. The lowest BCUT2D eigenvalue weighted by Gasteiger charge is -1.96. The molecule has 0 aliphatic rings. The highest BCUT2D eigenvalue weighted by molar-refractivity contribution is 7.71. The molecule has 1 aromatic rings. The van der Waals surface area contributed by atoms with E-state index in [9.17, 15) is 0 Å². The van der Waals surface area contributed by atoms with E-state index in [2.05, 4.69) is 9.97 Å². The van der Waals surface area contributed by atoms with E-state index in [1.165, 1.54) is 0 Å². The fraction of sp³-hybridized carbons (Fsp3) is 0.333. The number of aromatic amines is 1. The number of nitrogens with two attached hydrogens (primary N) is 1. The van der Waals surface area contributed by atoms with E-state index in [-0.39, 0.29) is 0 Å². The normalized spacial score (nSPS) is 9.70. The van der Waals surface area contributed by atoms with Crippen LogP contribution >= 0.6 is 12.2 Å². The fourth-order valence-corrected chi connectivity index (χ4v) is 0.988. The van der Waals surface area contributed by atoms with Crippen LogP contribution in [-0.4, -0.2) is 9.97 Å². The number of hydrogen-bond donors (Lipinski definition) is 2. The van der Waals surface area contributed by atoms with Crippen molar-refractivity contribution < 1.29 is 0 Å². The van der Waals surface area contributed by atoms with Crippen LogP contribution in [0.15, 0.2) is 6.20 Å². The predicted molar refractivity (Wildman–Crippen MR) is 43.2 cm³/mol. The summed E-state index contributed by atoms with van der Waals surface area (Å²) < 4.78 is 0.690. The Hall–Kier alpha value is -0.900. The lowest BCUT2D eigenvalue weighted by Crippen LogP contribution is -1.96. The average Bonchev–Trinajstić information content (AvgIpc) is 1.88. The number of aryl methyl sites for hydroxylation is 1. The number of hydrogen-bond acceptors (Lipinski definition) is 3. The van der Waals surface area contributed by atoms with Crippen molar-refractivity contribution in [1.29, 1.82) is 0 Å². The van der Waals surface area contributed by atoms with Crippen LogP contribution in [0.5, 0.6) is 0 Å². The van der Waals surface area contributed by atoms with Crippen molar-refractivity contribution in [3.8, 4) is 0 Å². The van der Waals surface area contributed by atoms with E-state index in [0.717, 1.165) is 12.0 Å². The molecule has 0 bridgehead atoms. The molecular formula is C6H9N3S. The molecule has 0 atom stereocenters. The molecule has 0 unspecified atom stereocenters. The summed E-state index contributed by atoms with van der Waals surface area (Å²) in [6, 6.07) is 0. The number of rotatable bonds is 1. The molecule has 1 aromatic heterocycles. The lowest BCUT2D eigenvalue weighted by atomic mass is 10.3. The highest BCUT2D eigenvalue weighted by Crippen LogP contribution is 2.00. The summed E-state index contributed by atoms with van der Waals surface area (Å²) in [4.78, 5) is 6.64. The van der Waals surface area contributed by atoms with Gasteiger partial charge < -0.3 is 10.7 Å². The van der Waals surface area contributed by atoms with Crippen LogP contribution in [-0.2, 0) is 6.42 Å². The zero-order valence-electron chi connectivity index (χ0n) is 5.72. The predicted octanol–water partition coefficient (Wildman–Crippen LogP) is 1.28. The second-order valence-electron chi connectivity index (χ2n) is 1.98. The van der Waals surface area contributed by atoms with Crippen LogP contribution in [0.4, 0.5) is 5.95 Å². The molecule has 3 nitrogen and oxygen atoms in total. The maximum absolute atomic E-state index is 5.35. The smallest absolute Gasteiger partial charge is 0.198 e. The van der Waals surface area contributed by atoms with Crippen molar-refractivity contribution in [3.63, 3.8) is 0 Å². The maximum atomic E-state index is 5.35. The minimum absolute atomic E-state index is 0.377. The van der Waals surface area contributed by atoms with E-state index >= 15 is 0 Å². The highest BCUT2D eigenvalue weighted by Gasteiger charge is 1.92. The highest BCUT2D eigenvalue weighted by atomic mass is 32.1. The quantitative estimate of drug-likeness (QED) is 0.601. The van der Waals surface area contributed by atoms with Gasteiger partial charge >= 0.3 is 0 Å². The van der Waals surface area contributed by atoms with Gasteiger partial charge in [-0.05, 0) is 6.42 Å². The Morgan fingerprint density at radius 1 is 1.80 bits per heavy atom. The molecule has 0 radical (unpaired) electrons. The van der Waals surface area contributed by atoms with E-state index in [4.69, 9.17) is 18.0 Å². The molecule has 0 aromatic carbocycles. The second kappa shape index (κ2) is 2.79. The summed E-state index contributed by atoms with van der Waals surface area (Å²) in [7, 11) is 0. The Kier molecular flexibility index (Phi) is 2.01. The Balaban J connectivity index is 3.20. The minimum Gasteiger partial charge on any atom is -0.369 e. The third kappa shape index (κ3) is 1.33. The molecule has 0 saturated heterocycles. The topological polar surface area (TPSA) is 54.7 Å². The zero-order chi connectivity index (χ0) is 7.56. The van der Waals surface area contributed by atoms with Crippen LogP contribution in [0.3, 0.4) is 0 Å². The van der Waals surface area contributed by atoms with E-state index in [1.54, 1.807) is 6.20 Å². The summed E-state index contributed by atoms with van der Waals surface area (Å²) >= 11 is 4.96. The lowest BCUT2D eigenvalue weighted by molar-refractivity contribution is 1.04. The monoisotopic (exact) mass is 155 g/mol. The van der Waals surface area contributed by atoms with Crippen LogP contribution in [0.25, 0.3) is 0 Å². The molecule has 0 saturated carbocycles. The van der Waals surface area contributed by atoms with Gasteiger partial charge in [0.1, 0.15) is 4.64 Å². The van der Waals surface area contributed by atoms with Gasteiger partial charge in [-0.3, -0.25) is 0 Å². The number of anilines is 1. The van der Waals surface area contributed by atoms with Crippen molar-refractivity contribution >= 4 is 18.2 Å². The van der Waals surface area contributed by atoms with Gasteiger partial charge in [0.15, 0.2) is 5.95 Å². The van der Waals surface area contributed by atoms with Gasteiger partial charge in [0.05, 0.1) is 0 Å². The Bertz CT molecular complexity index is 279. The van der Waals surface area contributed by atoms with Crippen LogP contribution in [0.1, 0.15) is 12.5 Å². The second-order valence-corrected chi connectivity index (χ2v) is 2.38. The van der Waals surface area contributed by atoms with Crippen molar-refractivity contribution in [2.45, 2.75) is 13.3 Å².